The molecule has 1 rings (SSSR count). The summed E-state index contributed by atoms with van der Waals surface area (Å²) >= 11 is 1.59. The molecule has 0 atom stereocenters. The van der Waals surface area contributed by atoms with Crippen LogP contribution in [-0.2, 0) is 14.3 Å². The number of hydrogen-bond acceptors (Lipinski definition) is 4. The van der Waals surface area contributed by atoms with E-state index in [1.54, 1.807) is 11.8 Å². The van der Waals surface area contributed by atoms with E-state index < -0.39 is 5.97 Å². The summed E-state index contributed by atoms with van der Waals surface area (Å²) in [7, 11) is 0. The molecule has 4 nitrogen and oxygen atoms in total. The van der Waals surface area contributed by atoms with Crippen molar-refractivity contribution in [3.8, 4) is 0 Å². The van der Waals surface area contributed by atoms with E-state index in [0.717, 1.165) is 25.7 Å². The zero-order valence-corrected chi connectivity index (χ0v) is 11.2. The molecule has 0 saturated heterocycles. The van der Waals surface area contributed by atoms with Gasteiger partial charge in [-0.25, -0.2) is 0 Å². The van der Waals surface area contributed by atoms with Crippen LogP contribution in [0.1, 0.15) is 39.5 Å². The van der Waals surface area contributed by atoms with Gasteiger partial charge in [0, 0.05) is 5.25 Å². The SMILES string of the molecule is CC(C)OC(=O)CSC1CCC(C(=O)O)CC1. The van der Waals surface area contributed by atoms with Crippen LogP contribution in [0.4, 0.5) is 0 Å². The Labute approximate surface area is 106 Å². The Balaban J connectivity index is 2.18. The maximum atomic E-state index is 11.3. The molecule has 98 valence electrons. The van der Waals surface area contributed by atoms with Gasteiger partial charge in [-0.1, -0.05) is 0 Å². The molecule has 0 aliphatic heterocycles. The number of carbonyl (C=O) groups excluding carboxylic acids is 1. The number of carboxylic acids is 1. The summed E-state index contributed by atoms with van der Waals surface area (Å²) in [5.74, 6) is -0.673. The molecule has 0 aromatic heterocycles. The molecule has 0 heterocycles. The number of carboxylic acid groups (broad SMARTS) is 1. The molecular weight excluding hydrogens is 240 g/mol. The monoisotopic (exact) mass is 260 g/mol. The lowest BCUT2D eigenvalue weighted by Crippen LogP contribution is -2.23. The van der Waals surface area contributed by atoms with E-state index in [2.05, 4.69) is 0 Å². The van der Waals surface area contributed by atoms with Gasteiger partial charge in [-0.2, -0.15) is 0 Å². The zero-order chi connectivity index (χ0) is 12.8. The number of aliphatic carboxylic acids is 1. The third kappa shape index (κ3) is 5.44. The Morgan fingerprint density at radius 2 is 1.88 bits per heavy atom. The second-order valence-electron chi connectivity index (χ2n) is 4.66. The highest BCUT2D eigenvalue weighted by molar-refractivity contribution is 8.00. The quantitative estimate of drug-likeness (QED) is 0.768. The average Bonchev–Trinajstić information content (AvgIpc) is 2.26. The molecule has 0 bridgehead atoms. The predicted molar refractivity (Wildman–Crippen MR) is 67.1 cm³/mol. The van der Waals surface area contributed by atoms with Crippen molar-refractivity contribution >= 4 is 23.7 Å². The molecule has 0 radical (unpaired) electrons. The van der Waals surface area contributed by atoms with Gasteiger partial charge in [-0.05, 0) is 39.5 Å². The lowest BCUT2D eigenvalue weighted by Gasteiger charge is -2.25. The highest BCUT2D eigenvalue weighted by Crippen LogP contribution is 2.32. The molecule has 1 aliphatic carbocycles. The fourth-order valence-electron chi connectivity index (χ4n) is 1.96. The van der Waals surface area contributed by atoms with Gasteiger partial charge in [0.15, 0.2) is 0 Å². The maximum absolute atomic E-state index is 11.3. The van der Waals surface area contributed by atoms with E-state index in [-0.39, 0.29) is 18.0 Å². The number of thioether (sulfide) groups is 1. The summed E-state index contributed by atoms with van der Waals surface area (Å²) in [6, 6.07) is 0. The van der Waals surface area contributed by atoms with Gasteiger partial charge < -0.3 is 9.84 Å². The van der Waals surface area contributed by atoms with Gasteiger partial charge in [0.25, 0.3) is 0 Å². The van der Waals surface area contributed by atoms with Crippen LogP contribution in [0.25, 0.3) is 0 Å². The summed E-state index contributed by atoms with van der Waals surface area (Å²) < 4.78 is 5.05. The van der Waals surface area contributed by atoms with Crippen molar-refractivity contribution in [2.24, 2.45) is 5.92 Å². The first-order valence-corrected chi connectivity index (χ1v) is 7.07. The summed E-state index contributed by atoms with van der Waals surface area (Å²) in [6.45, 7) is 3.67. The van der Waals surface area contributed by atoms with Crippen LogP contribution in [0.15, 0.2) is 0 Å². The van der Waals surface area contributed by atoms with Gasteiger partial charge in [0.2, 0.25) is 0 Å². The molecule has 0 spiro atoms. The van der Waals surface area contributed by atoms with Gasteiger partial charge in [-0.15, -0.1) is 11.8 Å². The van der Waals surface area contributed by atoms with Gasteiger partial charge in [-0.3, -0.25) is 9.59 Å². The molecule has 1 fully saturated rings. The minimum Gasteiger partial charge on any atom is -0.481 e. The molecule has 0 amide bonds. The minimum atomic E-state index is -0.687. The van der Waals surface area contributed by atoms with E-state index in [1.807, 2.05) is 13.8 Å². The van der Waals surface area contributed by atoms with Gasteiger partial charge in [0.1, 0.15) is 0 Å². The second-order valence-corrected chi connectivity index (χ2v) is 5.95. The summed E-state index contributed by atoms with van der Waals surface area (Å²) in [6.07, 6.45) is 3.16. The summed E-state index contributed by atoms with van der Waals surface area (Å²) in [5, 5.41) is 9.27. The highest BCUT2D eigenvalue weighted by atomic mass is 32.2. The Kier molecular flexibility index (Phi) is 5.82. The molecule has 1 saturated carbocycles. The first kappa shape index (κ1) is 14.4. The summed E-state index contributed by atoms with van der Waals surface area (Å²) in [4.78, 5) is 22.1. The normalized spacial score (nSPS) is 24.6. The van der Waals surface area contributed by atoms with Gasteiger partial charge in [0.05, 0.1) is 17.8 Å². The molecule has 0 aromatic carbocycles. The van der Waals surface area contributed by atoms with Crippen LogP contribution in [-0.4, -0.2) is 34.2 Å². The molecule has 0 unspecified atom stereocenters. The van der Waals surface area contributed by atoms with E-state index in [1.165, 1.54) is 0 Å². The Morgan fingerprint density at radius 1 is 1.29 bits per heavy atom. The van der Waals surface area contributed by atoms with Crippen LogP contribution in [0.2, 0.25) is 0 Å². The fraction of sp³-hybridized carbons (Fsp3) is 0.833. The molecule has 1 aliphatic rings. The lowest BCUT2D eigenvalue weighted by molar-refractivity contribution is -0.144. The Hall–Kier alpha value is -0.710. The fourth-order valence-corrected chi connectivity index (χ4v) is 3.00. The molecule has 17 heavy (non-hydrogen) atoms. The van der Waals surface area contributed by atoms with Crippen molar-refractivity contribution in [2.45, 2.75) is 50.9 Å². The smallest absolute Gasteiger partial charge is 0.316 e. The van der Waals surface area contributed by atoms with Crippen molar-refractivity contribution < 1.29 is 19.4 Å². The highest BCUT2D eigenvalue weighted by Gasteiger charge is 2.26. The van der Waals surface area contributed by atoms with Crippen LogP contribution in [0.5, 0.6) is 0 Å². The number of carbonyl (C=O) groups is 2. The van der Waals surface area contributed by atoms with Crippen molar-refractivity contribution in [3.63, 3.8) is 0 Å². The van der Waals surface area contributed by atoms with Crippen molar-refractivity contribution in [2.75, 3.05) is 5.75 Å². The topological polar surface area (TPSA) is 63.6 Å². The second kappa shape index (κ2) is 6.89. The predicted octanol–water partition coefficient (Wildman–Crippen LogP) is 2.31. The van der Waals surface area contributed by atoms with Crippen LogP contribution in [0, 0.1) is 5.92 Å². The minimum absolute atomic E-state index is 0.0640. The largest absolute Gasteiger partial charge is 0.481 e. The van der Waals surface area contributed by atoms with E-state index in [9.17, 15) is 9.59 Å². The molecular formula is C12H20O4S. The third-order valence-corrected chi connectivity index (χ3v) is 4.17. The number of esters is 1. The first-order valence-electron chi connectivity index (χ1n) is 6.03. The van der Waals surface area contributed by atoms with Crippen molar-refractivity contribution in [3.05, 3.63) is 0 Å². The number of hydrogen-bond donors (Lipinski definition) is 1. The lowest BCUT2D eigenvalue weighted by atomic mass is 9.89. The van der Waals surface area contributed by atoms with Crippen LogP contribution >= 0.6 is 11.8 Å². The van der Waals surface area contributed by atoms with E-state index in [4.69, 9.17) is 9.84 Å². The summed E-state index contributed by atoms with van der Waals surface area (Å²) in [5.41, 5.74) is 0. The van der Waals surface area contributed by atoms with Crippen LogP contribution in [0.3, 0.4) is 0 Å². The first-order chi connectivity index (χ1) is 7.99. The van der Waals surface area contributed by atoms with Gasteiger partial charge >= 0.3 is 11.9 Å². The Morgan fingerprint density at radius 3 is 2.35 bits per heavy atom. The maximum Gasteiger partial charge on any atom is 0.316 e. The van der Waals surface area contributed by atoms with Crippen LogP contribution < -0.4 is 0 Å². The average molecular weight is 260 g/mol. The standard InChI is InChI=1S/C12H20O4S/c1-8(2)16-11(13)7-17-10-5-3-9(4-6-10)12(14)15/h8-10H,3-7H2,1-2H3,(H,14,15). The number of rotatable bonds is 5. The molecule has 1 N–H and O–H groups in total. The van der Waals surface area contributed by atoms with E-state index >= 15 is 0 Å². The van der Waals surface area contributed by atoms with E-state index in [0.29, 0.717) is 11.0 Å². The molecule has 5 heteroatoms. The van der Waals surface area contributed by atoms with Crippen molar-refractivity contribution in [1.82, 2.24) is 0 Å². The Bertz CT molecular complexity index is 270. The third-order valence-electron chi connectivity index (χ3n) is 2.83. The molecule has 0 aromatic rings. The van der Waals surface area contributed by atoms with Crippen molar-refractivity contribution in [1.29, 1.82) is 0 Å². The zero-order valence-electron chi connectivity index (χ0n) is 10.3. The number of ether oxygens (including phenoxy) is 1.